The maximum absolute atomic E-state index is 12.4. The lowest BCUT2D eigenvalue weighted by molar-refractivity contribution is -0.139. The molecule has 0 saturated carbocycles. The van der Waals surface area contributed by atoms with Crippen LogP contribution in [0.25, 0.3) is 0 Å². The van der Waals surface area contributed by atoms with Gasteiger partial charge < -0.3 is 14.6 Å². The number of β-amino-alcohol motifs (C(OH)–C–C–N with tert-alkyl or cyclic N) is 1. The van der Waals surface area contributed by atoms with E-state index in [1.54, 1.807) is 22.0 Å². The quantitative estimate of drug-likeness (QED) is 0.864. The fourth-order valence-corrected chi connectivity index (χ4v) is 3.05. The molecule has 3 rings (SSSR count). The van der Waals surface area contributed by atoms with Crippen molar-refractivity contribution in [1.29, 1.82) is 0 Å². The molecule has 1 amide bonds. The van der Waals surface area contributed by atoms with Crippen molar-refractivity contribution < 1.29 is 9.90 Å². The summed E-state index contributed by atoms with van der Waals surface area (Å²) in [6, 6.07) is 0. The van der Waals surface area contributed by atoms with Gasteiger partial charge in [0.1, 0.15) is 18.7 Å². The highest BCUT2D eigenvalue weighted by molar-refractivity contribution is 6.30. The van der Waals surface area contributed by atoms with Crippen molar-refractivity contribution >= 4 is 17.5 Å². The second-order valence-electron chi connectivity index (χ2n) is 6.03. The number of carbonyl (C=O) groups excluding carboxylic acids is 1. The molecule has 124 valence electrons. The summed E-state index contributed by atoms with van der Waals surface area (Å²) in [5.41, 5.74) is -0.976. The van der Waals surface area contributed by atoms with Crippen molar-refractivity contribution in [3.05, 3.63) is 29.6 Å². The zero-order valence-electron chi connectivity index (χ0n) is 12.9. The fraction of sp³-hybridized carbons (Fsp3) is 0.571. The SMILES string of the molecule is Cn1cnnc1CC1(O)CCCN(C(=O)Cn2cc(Cl)cn2)C1. The maximum atomic E-state index is 12.4. The number of aliphatic hydroxyl groups is 1. The summed E-state index contributed by atoms with van der Waals surface area (Å²) in [6.45, 7) is 1.04. The molecular weight excluding hydrogens is 320 g/mol. The Bertz CT molecular complexity index is 699. The monoisotopic (exact) mass is 338 g/mol. The summed E-state index contributed by atoms with van der Waals surface area (Å²) in [7, 11) is 1.84. The molecule has 1 N–H and O–H groups in total. The van der Waals surface area contributed by atoms with E-state index < -0.39 is 5.60 Å². The Labute approximate surface area is 138 Å². The topological polar surface area (TPSA) is 89.1 Å². The van der Waals surface area contributed by atoms with Crippen LogP contribution in [0.5, 0.6) is 0 Å². The van der Waals surface area contributed by atoms with Crippen LogP contribution in [-0.2, 0) is 24.8 Å². The summed E-state index contributed by atoms with van der Waals surface area (Å²) in [4.78, 5) is 14.1. The molecule has 0 bridgehead atoms. The molecule has 1 aliphatic rings. The lowest BCUT2D eigenvalue weighted by atomic mass is 9.89. The Kier molecular flexibility index (Phi) is 4.36. The van der Waals surface area contributed by atoms with Gasteiger partial charge in [-0.05, 0) is 12.8 Å². The van der Waals surface area contributed by atoms with E-state index in [9.17, 15) is 9.90 Å². The Morgan fingerprint density at radius 3 is 3.00 bits per heavy atom. The lowest BCUT2D eigenvalue weighted by Gasteiger charge is -2.39. The van der Waals surface area contributed by atoms with Crippen LogP contribution in [-0.4, -0.2) is 59.1 Å². The number of nitrogens with zero attached hydrogens (tertiary/aromatic N) is 6. The number of aromatic nitrogens is 5. The van der Waals surface area contributed by atoms with Crippen LogP contribution in [0, 0.1) is 0 Å². The molecule has 9 heteroatoms. The normalized spacial score (nSPS) is 21.6. The van der Waals surface area contributed by atoms with Crippen molar-refractivity contribution in [2.24, 2.45) is 7.05 Å². The molecule has 0 radical (unpaired) electrons. The number of halogens is 1. The Morgan fingerprint density at radius 2 is 2.35 bits per heavy atom. The maximum Gasteiger partial charge on any atom is 0.244 e. The smallest absolute Gasteiger partial charge is 0.244 e. The van der Waals surface area contributed by atoms with E-state index in [0.717, 1.165) is 6.42 Å². The van der Waals surface area contributed by atoms with E-state index in [1.807, 2.05) is 7.05 Å². The van der Waals surface area contributed by atoms with Crippen LogP contribution < -0.4 is 0 Å². The van der Waals surface area contributed by atoms with Crippen molar-refractivity contribution in [2.75, 3.05) is 13.1 Å². The molecule has 1 fully saturated rings. The number of likely N-dealkylation sites (tertiary alicyclic amines) is 1. The van der Waals surface area contributed by atoms with Gasteiger partial charge in [-0.2, -0.15) is 5.10 Å². The van der Waals surface area contributed by atoms with Gasteiger partial charge in [0.15, 0.2) is 0 Å². The molecule has 0 spiro atoms. The Hall–Kier alpha value is -1.93. The van der Waals surface area contributed by atoms with E-state index in [2.05, 4.69) is 15.3 Å². The van der Waals surface area contributed by atoms with Crippen LogP contribution in [0.4, 0.5) is 0 Å². The first-order valence-electron chi connectivity index (χ1n) is 7.46. The minimum absolute atomic E-state index is 0.0825. The van der Waals surface area contributed by atoms with Crippen LogP contribution in [0.1, 0.15) is 18.7 Å². The number of rotatable bonds is 4. The third-order valence-electron chi connectivity index (χ3n) is 4.10. The Balaban J connectivity index is 1.65. The highest BCUT2D eigenvalue weighted by atomic mass is 35.5. The summed E-state index contributed by atoms with van der Waals surface area (Å²) < 4.78 is 3.28. The number of amides is 1. The average molecular weight is 339 g/mol. The second kappa shape index (κ2) is 6.29. The van der Waals surface area contributed by atoms with E-state index in [4.69, 9.17) is 11.6 Å². The number of carbonyl (C=O) groups is 1. The molecular formula is C14H19ClN6O2. The van der Waals surface area contributed by atoms with Gasteiger partial charge in [-0.15, -0.1) is 10.2 Å². The highest BCUT2D eigenvalue weighted by Crippen LogP contribution is 2.25. The molecule has 23 heavy (non-hydrogen) atoms. The van der Waals surface area contributed by atoms with Gasteiger partial charge in [0, 0.05) is 32.8 Å². The van der Waals surface area contributed by atoms with Crippen molar-refractivity contribution in [1.82, 2.24) is 29.4 Å². The number of hydrogen-bond donors (Lipinski definition) is 1. The Morgan fingerprint density at radius 1 is 1.52 bits per heavy atom. The number of hydrogen-bond acceptors (Lipinski definition) is 5. The molecule has 0 aliphatic carbocycles. The van der Waals surface area contributed by atoms with Crippen LogP contribution >= 0.6 is 11.6 Å². The van der Waals surface area contributed by atoms with Crippen LogP contribution in [0.3, 0.4) is 0 Å². The standard InChI is InChI=1S/C14H19ClN6O2/c1-19-10-16-18-12(19)5-14(23)3-2-4-20(9-14)13(22)8-21-7-11(15)6-17-21/h6-7,10,23H,2-5,8-9H2,1H3. The van der Waals surface area contributed by atoms with Gasteiger partial charge in [0.2, 0.25) is 5.91 Å². The van der Waals surface area contributed by atoms with Crippen molar-refractivity contribution in [3.8, 4) is 0 Å². The zero-order chi connectivity index (χ0) is 16.4. The van der Waals surface area contributed by atoms with E-state index in [-0.39, 0.29) is 19.0 Å². The lowest BCUT2D eigenvalue weighted by Crippen LogP contribution is -2.52. The molecule has 1 saturated heterocycles. The first-order valence-corrected chi connectivity index (χ1v) is 7.84. The van der Waals surface area contributed by atoms with E-state index in [1.165, 1.54) is 10.9 Å². The van der Waals surface area contributed by atoms with Gasteiger partial charge in [0.05, 0.1) is 16.8 Å². The largest absolute Gasteiger partial charge is 0.388 e. The molecule has 0 aromatic carbocycles. The first kappa shape index (κ1) is 15.9. The number of piperidine rings is 1. The third-order valence-corrected chi connectivity index (χ3v) is 4.29. The van der Waals surface area contributed by atoms with E-state index in [0.29, 0.717) is 30.2 Å². The van der Waals surface area contributed by atoms with Crippen LogP contribution in [0.2, 0.25) is 5.02 Å². The molecule has 1 aliphatic heterocycles. The zero-order valence-corrected chi connectivity index (χ0v) is 13.6. The minimum Gasteiger partial charge on any atom is -0.388 e. The molecule has 1 unspecified atom stereocenters. The second-order valence-corrected chi connectivity index (χ2v) is 6.47. The predicted octanol–water partition coefficient (Wildman–Crippen LogP) is 0.261. The van der Waals surface area contributed by atoms with E-state index >= 15 is 0 Å². The minimum atomic E-state index is -0.976. The average Bonchev–Trinajstić information content (AvgIpc) is 3.08. The summed E-state index contributed by atoms with van der Waals surface area (Å²) in [5, 5.41) is 23.2. The van der Waals surface area contributed by atoms with Gasteiger partial charge in [-0.25, -0.2) is 0 Å². The summed E-state index contributed by atoms with van der Waals surface area (Å²) in [5.74, 6) is 0.626. The molecule has 3 heterocycles. The molecule has 2 aromatic rings. The van der Waals surface area contributed by atoms with Gasteiger partial charge in [-0.1, -0.05) is 11.6 Å². The van der Waals surface area contributed by atoms with Crippen molar-refractivity contribution in [3.63, 3.8) is 0 Å². The molecule has 2 aromatic heterocycles. The van der Waals surface area contributed by atoms with Crippen molar-refractivity contribution in [2.45, 2.75) is 31.4 Å². The highest BCUT2D eigenvalue weighted by Gasteiger charge is 2.36. The number of aryl methyl sites for hydroxylation is 1. The fourth-order valence-electron chi connectivity index (χ4n) is 2.89. The van der Waals surface area contributed by atoms with Gasteiger partial charge >= 0.3 is 0 Å². The summed E-state index contributed by atoms with van der Waals surface area (Å²) in [6.07, 6.45) is 6.47. The van der Waals surface area contributed by atoms with Gasteiger partial charge in [-0.3, -0.25) is 9.48 Å². The third kappa shape index (κ3) is 3.70. The summed E-state index contributed by atoms with van der Waals surface area (Å²) >= 11 is 5.81. The predicted molar refractivity (Wildman–Crippen MR) is 82.7 cm³/mol. The molecule has 1 atom stereocenters. The molecule has 8 nitrogen and oxygen atoms in total. The van der Waals surface area contributed by atoms with Gasteiger partial charge in [0.25, 0.3) is 0 Å². The first-order chi connectivity index (χ1) is 11.0. The van der Waals surface area contributed by atoms with Crippen LogP contribution in [0.15, 0.2) is 18.7 Å².